The van der Waals surface area contributed by atoms with Gasteiger partial charge in [0.1, 0.15) is 6.26 Å². The van der Waals surface area contributed by atoms with Gasteiger partial charge >= 0.3 is 0 Å². The molecule has 0 atom stereocenters. The molecular weight excluding hydrogens is 264 g/mol. The SMILES string of the molecule is O=S(=O)(Nc1ccon1)c1cccc2ccccc12. The molecule has 1 N–H and O–H groups in total. The van der Waals surface area contributed by atoms with Crippen molar-refractivity contribution in [3.05, 3.63) is 54.8 Å². The van der Waals surface area contributed by atoms with Gasteiger partial charge in [-0.05, 0) is 11.5 Å². The molecule has 0 bridgehead atoms. The third-order valence-corrected chi connectivity index (χ3v) is 4.13. The summed E-state index contributed by atoms with van der Waals surface area (Å²) in [6.45, 7) is 0. The Labute approximate surface area is 109 Å². The molecule has 5 nitrogen and oxygen atoms in total. The molecule has 0 aliphatic carbocycles. The van der Waals surface area contributed by atoms with Crippen LogP contribution in [0.15, 0.2) is 64.2 Å². The van der Waals surface area contributed by atoms with Crippen LogP contribution in [-0.2, 0) is 10.0 Å². The molecular formula is C13H10N2O3S. The monoisotopic (exact) mass is 274 g/mol. The first-order valence-corrected chi connectivity index (χ1v) is 7.06. The maximum absolute atomic E-state index is 12.3. The zero-order chi connectivity index (χ0) is 13.3. The predicted octanol–water partition coefficient (Wildman–Crippen LogP) is 2.63. The lowest BCUT2D eigenvalue weighted by molar-refractivity contribution is 0.423. The highest BCUT2D eigenvalue weighted by Crippen LogP contribution is 2.24. The number of nitrogens with zero attached hydrogens (tertiary/aromatic N) is 1. The zero-order valence-electron chi connectivity index (χ0n) is 9.78. The van der Waals surface area contributed by atoms with E-state index in [4.69, 9.17) is 0 Å². The maximum atomic E-state index is 12.3. The van der Waals surface area contributed by atoms with Crippen molar-refractivity contribution in [3.63, 3.8) is 0 Å². The summed E-state index contributed by atoms with van der Waals surface area (Å²) < 4.78 is 31.6. The van der Waals surface area contributed by atoms with E-state index in [1.807, 2.05) is 18.2 Å². The summed E-state index contributed by atoms with van der Waals surface area (Å²) in [6.07, 6.45) is 1.31. The number of aromatic nitrogens is 1. The Morgan fingerprint density at radius 2 is 1.79 bits per heavy atom. The number of nitrogens with one attached hydrogen (secondary N) is 1. The third kappa shape index (κ3) is 2.17. The van der Waals surface area contributed by atoms with E-state index in [1.54, 1.807) is 24.3 Å². The minimum absolute atomic E-state index is 0.160. The second-order valence-electron chi connectivity index (χ2n) is 3.97. The van der Waals surface area contributed by atoms with Crippen molar-refractivity contribution < 1.29 is 12.9 Å². The number of rotatable bonds is 3. The topological polar surface area (TPSA) is 72.2 Å². The summed E-state index contributed by atoms with van der Waals surface area (Å²) in [5.41, 5.74) is 0. The third-order valence-electron chi connectivity index (χ3n) is 2.72. The summed E-state index contributed by atoms with van der Waals surface area (Å²) in [6, 6.07) is 13.9. The standard InChI is InChI=1S/C13H10N2O3S/c16-19(17,15-13-8-9-18-14-13)12-7-3-5-10-4-1-2-6-11(10)12/h1-9H,(H,14,15). The molecule has 0 amide bonds. The Kier molecular flexibility index (Phi) is 2.72. The fourth-order valence-corrected chi connectivity index (χ4v) is 3.11. The molecule has 1 heterocycles. The molecule has 6 heteroatoms. The molecule has 0 aliphatic heterocycles. The smallest absolute Gasteiger partial charge is 0.263 e. The Morgan fingerprint density at radius 1 is 1.00 bits per heavy atom. The number of hydrogen-bond donors (Lipinski definition) is 1. The van der Waals surface area contributed by atoms with Crippen LogP contribution in [0.5, 0.6) is 0 Å². The molecule has 96 valence electrons. The van der Waals surface area contributed by atoms with Gasteiger partial charge in [-0.25, -0.2) is 8.42 Å². The van der Waals surface area contributed by atoms with Crippen molar-refractivity contribution in [2.24, 2.45) is 0 Å². The van der Waals surface area contributed by atoms with Crippen LogP contribution in [0.4, 0.5) is 5.82 Å². The van der Waals surface area contributed by atoms with E-state index in [0.29, 0.717) is 5.39 Å². The fourth-order valence-electron chi connectivity index (χ4n) is 1.89. The lowest BCUT2D eigenvalue weighted by Crippen LogP contribution is -2.13. The van der Waals surface area contributed by atoms with Gasteiger partial charge < -0.3 is 4.52 Å². The van der Waals surface area contributed by atoms with Crippen LogP contribution in [0.1, 0.15) is 0 Å². The van der Waals surface area contributed by atoms with Gasteiger partial charge in [0.2, 0.25) is 0 Å². The highest BCUT2D eigenvalue weighted by atomic mass is 32.2. The fraction of sp³-hybridized carbons (Fsp3) is 0. The second-order valence-corrected chi connectivity index (χ2v) is 5.62. The quantitative estimate of drug-likeness (QED) is 0.797. The maximum Gasteiger partial charge on any atom is 0.263 e. The van der Waals surface area contributed by atoms with Gasteiger partial charge in [0.15, 0.2) is 5.82 Å². The summed E-state index contributed by atoms with van der Waals surface area (Å²) in [7, 11) is -3.68. The Balaban J connectivity index is 2.13. The van der Waals surface area contributed by atoms with E-state index in [9.17, 15) is 8.42 Å². The number of sulfonamides is 1. The van der Waals surface area contributed by atoms with Crippen molar-refractivity contribution >= 4 is 26.6 Å². The molecule has 0 radical (unpaired) electrons. The van der Waals surface area contributed by atoms with Gasteiger partial charge in [-0.3, -0.25) is 4.72 Å². The van der Waals surface area contributed by atoms with Crippen LogP contribution in [0.2, 0.25) is 0 Å². The summed E-state index contributed by atoms with van der Waals surface area (Å²) in [4.78, 5) is 0.216. The Morgan fingerprint density at radius 3 is 2.58 bits per heavy atom. The largest absolute Gasteiger partial charge is 0.363 e. The first kappa shape index (κ1) is 11.7. The molecule has 0 saturated carbocycles. The van der Waals surface area contributed by atoms with Crippen LogP contribution < -0.4 is 4.72 Å². The molecule has 3 aromatic rings. The summed E-state index contributed by atoms with van der Waals surface area (Å²) in [5, 5.41) is 5.08. The number of hydrogen-bond acceptors (Lipinski definition) is 4. The van der Waals surface area contributed by atoms with Crippen molar-refractivity contribution in [2.75, 3.05) is 4.72 Å². The molecule has 0 spiro atoms. The van der Waals surface area contributed by atoms with Crippen LogP contribution >= 0.6 is 0 Å². The second kappa shape index (κ2) is 4.40. The van der Waals surface area contributed by atoms with Gasteiger partial charge in [0, 0.05) is 11.5 Å². The molecule has 0 saturated heterocycles. The average molecular weight is 274 g/mol. The number of anilines is 1. The minimum atomic E-state index is -3.68. The van der Waals surface area contributed by atoms with Crippen molar-refractivity contribution in [2.45, 2.75) is 4.90 Å². The molecule has 0 unspecified atom stereocenters. The van der Waals surface area contributed by atoms with E-state index in [-0.39, 0.29) is 10.7 Å². The first-order valence-electron chi connectivity index (χ1n) is 5.58. The first-order chi connectivity index (χ1) is 9.17. The highest BCUT2D eigenvalue weighted by molar-refractivity contribution is 7.93. The summed E-state index contributed by atoms with van der Waals surface area (Å²) in [5.74, 6) is 0.160. The zero-order valence-corrected chi connectivity index (χ0v) is 10.6. The van der Waals surface area contributed by atoms with Gasteiger partial charge in [-0.15, -0.1) is 0 Å². The van der Waals surface area contributed by atoms with E-state index in [2.05, 4.69) is 14.4 Å². The molecule has 0 aliphatic rings. The Bertz CT molecular complexity index is 806. The van der Waals surface area contributed by atoms with Gasteiger partial charge in [-0.2, -0.15) is 0 Å². The van der Waals surface area contributed by atoms with Crippen molar-refractivity contribution in [1.29, 1.82) is 0 Å². The lowest BCUT2D eigenvalue weighted by atomic mass is 10.1. The van der Waals surface area contributed by atoms with Crippen LogP contribution in [0.25, 0.3) is 10.8 Å². The van der Waals surface area contributed by atoms with E-state index in [1.165, 1.54) is 12.3 Å². The van der Waals surface area contributed by atoms with E-state index < -0.39 is 10.0 Å². The van der Waals surface area contributed by atoms with Gasteiger partial charge in [0.25, 0.3) is 10.0 Å². The number of benzene rings is 2. The predicted molar refractivity (Wildman–Crippen MR) is 71.3 cm³/mol. The summed E-state index contributed by atoms with van der Waals surface area (Å²) >= 11 is 0. The van der Waals surface area contributed by atoms with Gasteiger partial charge in [0.05, 0.1) is 4.90 Å². The molecule has 19 heavy (non-hydrogen) atoms. The lowest BCUT2D eigenvalue weighted by Gasteiger charge is -2.08. The van der Waals surface area contributed by atoms with Gasteiger partial charge in [-0.1, -0.05) is 41.6 Å². The van der Waals surface area contributed by atoms with E-state index >= 15 is 0 Å². The minimum Gasteiger partial charge on any atom is -0.363 e. The van der Waals surface area contributed by atoms with E-state index in [0.717, 1.165) is 5.39 Å². The number of fused-ring (bicyclic) bond motifs is 1. The van der Waals surface area contributed by atoms with Crippen LogP contribution in [0.3, 0.4) is 0 Å². The highest BCUT2D eigenvalue weighted by Gasteiger charge is 2.18. The van der Waals surface area contributed by atoms with Crippen LogP contribution in [-0.4, -0.2) is 13.6 Å². The molecule has 1 aromatic heterocycles. The molecule has 3 rings (SSSR count). The normalized spacial score (nSPS) is 11.6. The van der Waals surface area contributed by atoms with Crippen molar-refractivity contribution in [1.82, 2.24) is 5.16 Å². The molecule has 0 fully saturated rings. The van der Waals surface area contributed by atoms with Crippen molar-refractivity contribution in [3.8, 4) is 0 Å². The van der Waals surface area contributed by atoms with Crippen LogP contribution in [0, 0.1) is 0 Å². The Hall–Kier alpha value is -2.34. The molecule has 2 aromatic carbocycles. The average Bonchev–Trinajstić information content (AvgIpc) is 2.90.